The van der Waals surface area contributed by atoms with Crippen molar-refractivity contribution >= 4 is 11.3 Å². The van der Waals surface area contributed by atoms with Gasteiger partial charge in [-0.2, -0.15) is 9.78 Å². The second kappa shape index (κ2) is 4.03. The van der Waals surface area contributed by atoms with E-state index in [-0.39, 0.29) is 5.69 Å². The van der Waals surface area contributed by atoms with E-state index in [4.69, 9.17) is 0 Å². The Kier molecular flexibility index (Phi) is 2.38. The van der Waals surface area contributed by atoms with Crippen LogP contribution in [0.4, 0.5) is 0 Å². The first-order chi connectivity index (χ1) is 8.36. The molecule has 1 N–H and O–H groups in total. The van der Waals surface area contributed by atoms with Crippen LogP contribution < -0.4 is 5.69 Å². The standard InChI is InChI=1S/C12H9N3OS/c16-12-13-8-14-15(12)11-10(6-7-17-11)9-4-2-1-3-5-9/h1-8H,(H,13,14,16). The molecular formula is C12H9N3OS. The lowest BCUT2D eigenvalue weighted by atomic mass is 10.1. The number of nitrogens with zero attached hydrogens (tertiary/aromatic N) is 2. The van der Waals surface area contributed by atoms with Crippen LogP contribution in [0.1, 0.15) is 0 Å². The molecule has 0 amide bonds. The fourth-order valence-electron chi connectivity index (χ4n) is 1.70. The summed E-state index contributed by atoms with van der Waals surface area (Å²) in [5.74, 6) is 0. The number of H-pyrrole nitrogens is 1. The van der Waals surface area contributed by atoms with Crippen molar-refractivity contribution < 1.29 is 0 Å². The summed E-state index contributed by atoms with van der Waals surface area (Å²) in [6, 6.07) is 12.0. The minimum absolute atomic E-state index is 0.218. The van der Waals surface area contributed by atoms with Crippen LogP contribution in [0.3, 0.4) is 0 Å². The summed E-state index contributed by atoms with van der Waals surface area (Å²) in [6.07, 6.45) is 1.40. The SMILES string of the molecule is O=c1[nH]cnn1-c1sccc1-c1ccccc1. The van der Waals surface area contributed by atoms with Crippen LogP contribution in [0, 0.1) is 0 Å². The Labute approximate surface area is 101 Å². The third kappa shape index (κ3) is 1.70. The maximum absolute atomic E-state index is 11.6. The van der Waals surface area contributed by atoms with E-state index in [0.717, 1.165) is 16.1 Å². The van der Waals surface area contributed by atoms with E-state index in [2.05, 4.69) is 10.1 Å². The highest BCUT2D eigenvalue weighted by Gasteiger charge is 2.10. The molecule has 84 valence electrons. The van der Waals surface area contributed by atoms with E-state index < -0.39 is 0 Å². The average molecular weight is 243 g/mol. The van der Waals surface area contributed by atoms with Crippen LogP contribution in [0.2, 0.25) is 0 Å². The number of thiophene rings is 1. The number of hydrogen-bond acceptors (Lipinski definition) is 3. The largest absolute Gasteiger partial charge is 0.348 e. The highest BCUT2D eigenvalue weighted by atomic mass is 32.1. The second-order valence-electron chi connectivity index (χ2n) is 3.51. The van der Waals surface area contributed by atoms with Crippen LogP contribution in [0.5, 0.6) is 0 Å². The van der Waals surface area contributed by atoms with Gasteiger partial charge < -0.3 is 0 Å². The first kappa shape index (κ1) is 10.0. The highest BCUT2D eigenvalue weighted by molar-refractivity contribution is 7.13. The van der Waals surface area contributed by atoms with E-state index in [0.29, 0.717) is 0 Å². The van der Waals surface area contributed by atoms with Gasteiger partial charge in [-0.15, -0.1) is 11.3 Å². The zero-order valence-electron chi connectivity index (χ0n) is 8.83. The lowest BCUT2D eigenvalue weighted by Crippen LogP contribution is -2.15. The summed E-state index contributed by atoms with van der Waals surface area (Å²) in [4.78, 5) is 14.1. The normalized spacial score (nSPS) is 10.6. The minimum Gasteiger partial charge on any atom is -0.295 e. The molecule has 0 fully saturated rings. The van der Waals surface area contributed by atoms with Gasteiger partial charge >= 0.3 is 5.69 Å². The number of nitrogens with one attached hydrogen (secondary N) is 1. The van der Waals surface area contributed by atoms with Crippen LogP contribution >= 0.6 is 11.3 Å². The van der Waals surface area contributed by atoms with E-state index in [9.17, 15) is 4.79 Å². The smallest absolute Gasteiger partial charge is 0.295 e. The van der Waals surface area contributed by atoms with Crippen LogP contribution in [-0.4, -0.2) is 14.8 Å². The van der Waals surface area contributed by atoms with Gasteiger partial charge in [-0.3, -0.25) is 4.98 Å². The molecule has 0 bridgehead atoms. The quantitative estimate of drug-likeness (QED) is 0.750. The minimum atomic E-state index is -0.218. The summed E-state index contributed by atoms with van der Waals surface area (Å²) in [6.45, 7) is 0. The van der Waals surface area contributed by atoms with Gasteiger partial charge in [0.25, 0.3) is 0 Å². The molecule has 0 atom stereocenters. The van der Waals surface area contributed by atoms with E-state index in [1.165, 1.54) is 22.3 Å². The molecule has 0 aliphatic carbocycles. The van der Waals surface area contributed by atoms with Crippen molar-refractivity contribution in [2.45, 2.75) is 0 Å². The topological polar surface area (TPSA) is 50.7 Å². The molecule has 4 nitrogen and oxygen atoms in total. The van der Waals surface area contributed by atoms with Crippen molar-refractivity contribution in [3.8, 4) is 16.1 Å². The molecule has 2 heterocycles. The van der Waals surface area contributed by atoms with Gasteiger partial charge in [-0.1, -0.05) is 30.3 Å². The summed E-state index contributed by atoms with van der Waals surface area (Å²) in [5, 5.41) is 6.80. The third-order valence-electron chi connectivity index (χ3n) is 2.48. The molecule has 0 aliphatic heterocycles. The van der Waals surface area contributed by atoms with Gasteiger partial charge in [0.05, 0.1) is 0 Å². The lowest BCUT2D eigenvalue weighted by molar-refractivity contribution is 0.860. The second-order valence-corrected chi connectivity index (χ2v) is 4.41. The lowest BCUT2D eigenvalue weighted by Gasteiger charge is -2.02. The van der Waals surface area contributed by atoms with Gasteiger partial charge in [0, 0.05) is 5.56 Å². The van der Waals surface area contributed by atoms with Crippen molar-refractivity contribution in [2.75, 3.05) is 0 Å². The predicted octanol–water partition coefficient (Wildman–Crippen LogP) is 2.29. The summed E-state index contributed by atoms with van der Waals surface area (Å²) >= 11 is 1.50. The fourth-order valence-corrected chi connectivity index (χ4v) is 2.58. The molecule has 0 radical (unpaired) electrons. The number of rotatable bonds is 2. The van der Waals surface area contributed by atoms with Crippen LogP contribution in [0.15, 0.2) is 52.9 Å². The average Bonchev–Trinajstić information content (AvgIpc) is 2.98. The zero-order valence-corrected chi connectivity index (χ0v) is 9.65. The molecule has 0 spiro atoms. The Hall–Kier alpha value is -2.14. The summed E-state index contributed by atoms with van der Waals surface area (Å²) in [5.41, 5.74) is 1.88. The molecule has 1 aromatic carbocycles. The van der Waals surface area contributed by atoms with Gasteiger partial charge in [0.15, 0.2) is 0 Å². The predicted molar refractivity (Wildman–Crippen MR) is 67.5 cm³/mol. The zero-order chi connectivity index (χ0) is 11.7. The molecule has 17 heavy (non-hydrogen) atoms. The Bertz CT molecular complexity index is 681. The van der Waals surface area contributed by atoms with Gasteiger partial charge in [0.1, 0.15) is 11.3 Å². The van der Waals surface area contributed by atoms with Gasteiger partial charge in [-0.25, -0.2) is 4.79 Å². The number of aromatic amines is 1. The van der Waals surface area contributed by atoms with E-state index in [1.807, 2.05) is 41.8 Å². The van der Waals surface area contributed by atoms with Crippen molar-refractivity contribution in [2.24, 2.45) is 0 Å². The number of hydrogen-bond donors (Lipinski definition) is 1. The van der Waals surface area contributed by atoms with Gasteiger partial charge in [0.2, 0.25) is 0 Å². The third-order valence-corrected chi connectivity index (χ3v) is 3.36. The maximum Gasteiger partial charge on any atom is 0.348 e. The first-order valence-electron chi connectivity index (χ1n) is 5.12. The van der Waals surface area contributed by atoms with E-state index in [1.54, 1.807) is 0 Å². The van der Waals surface area contributed by atoms with Crippen molar-refractivity contribution in [1.29, 1.82) is 0 Å². The highest BCUT2D eigenvalue weighted by Crippen LogP contribution is 2.29. The molecular weight excluding hydrogens is 234 g/mol. The van der Waals surface area contributed by atoms with Crippen LogP contribution in [0.25, 0.3) is 16.1 Å². The first-order valence-corrected chi connectivity index (χ1v) is 6.00. The Morgan fingerprint density at radius 1 is 1.18 bits per heavy atom. The Morgan fingerprint density at radius 2 is 2.00 bits per heavy atom. The maximum atomic E-state index is 11.6. The monoisotopic (exact) mass is 243 g/mol. The van der Waals surface area contributed by atoms with Gasteiger partial charge in [-0.05, 0) is 17.0 Å². The molecule has 0 saturated heterocycles. The number of aromatic nitrogens is 3. The Balaban J connectivity index is 2.19. The molecule has 5 heteroatoms. The molecule has 0 saturated carbocycles. The molecule has 3 rings (SSSR count). The summed E-state index contributed by atoms with van der Waals surface area (Å²) in [7, 11) is 0. The van der Waals surface area contributed by atoms with Crippen molar-refractivity contribution in [1.82, 2.24) is 14.8 Å². The van der Waals surface area contributed by atoms with Crippen molar-refractivity contribution in [3.63, 3.8) is 0 Å². The number of benzene rings is 1. The fraction of sp³-hybridized carbons (Fsp3) is 0. The molecule has 3 aromatic rings. The van der Waals surface area contributed by atoms with E-state index >= 15 is 0 Å². The van der Waals surface area contributed by atoms with Crippen molar-refractivity contribution in [3.05, 3.63) is 58.6 Å². The Morgan fingerprint density at radius 3 is 2.71 bits per heavy atom. The van der Waals surface area contributed by atoms with Crippen LogP contribution in [-0.2, 0) is 0 Å². The molecule has 0 aliphatic rings. The summed E-state index contributed by atoms with van der Waals surface area (Å²) < 4.78 is 1.38. The molecule has 0 unspecified atom stereocenters. The molecule has 2 aromatic heterocycles.